The molecule has 1 aliphatic rings. The first kappa shape index (κ1) is 17.5. The Balaban J connectivity index is 1.63. The van der Waals surface area contributed by atoms with Crippen molar-refractivity contribution < 1.29 is 13.9 Å². The van der Waals surface area contributed by atoms with Crippen LogP contribution in [0.15, 0.2) is 48.8 Å². The molecule has 1 amide bonds. The molecule has 0 atom stereocenters. The molecule has 0 saturated carbocycles. The van der Waals surface area contributed by atoms with Crippen molar-refractivity contribution in [3.05, 3.63) is 65.0 Å². The highest BCUT2D eigenvalue weighted by Gasteiger charge is 2.24. The highest BCUT2D eigenvalue weighted by Crippen LogP contribution is 2.40. The molecule has 0 spiro atoms. The lowest BCUT2D eigenvalue weighted by molar-refractivity contribution is 0.1000. The van der Waals surface area contributed by atoms with Crippen molar-refractivity contribution in [1.82, 2.24) is 19.7 Å². The summed E-state index contributed by atoms with van der Waals surface area (Å²) in [6, 6.07) is 11.4. The summed E-state index contributed by atoms with van der Waals surface area (Å²) in [4.78, 5) is 21.6. The van der Waals surface area contributed by atoms with E-state index >= 15 is 0 Å². The van der Waals surface area contributed by atoms with Crippen LogP contribution in [0.2, 0.25) is 0 Å². The summed E-state index contributed by atoms with van der Waals surface area (Å²) in [6.45, 7) is 0.448. The van der Waals surface area contributed by atoms with Crippen LogP contribution in [-0.2, 0) is 6.42 Å². The summed E-state index contributed by atoms with van der Waals surface area (Å²) in [5, 5.41) is 4.81. The quantitative estimate of drug-likeness (QED) is 0.563. The van der Waals surface area contributed by atoms with Crippen molar-refractivity contribution in [2.24, 2.45) is 5.73 Å². The number of carbonyl (C=O) groups excluding carboxylic acids is 1. The van der Waals surface area contributed by atoms with Gasteiger partial charge in [0.15, 0.2) is 10.8 Å². The SMILES string of the molecule is NC(=O)c1ccc2c(c1)OCCc1sc(-c3ncnn3-c3ccccc3F)nc1-2. The second kappa shape index (κ2) is 6.78. The van der Waals surface area contributed by atoms with Crippen LogP contribution in [-0.4, -0.2) is 32.3 Å². The normalized spacial score (nSPS) is 12.6. The molecule has 0 bridgehead atoms. The summed E-state index contributed by atoms with van der Waals surface area (Å²) < 4.78 is 21.5. The lowest BCUT2D eigenvalue weighted by atomic mass is 10.1. The zero-order chi connectivity index (χ0) is 20.0. The summed E-state index contributed by atoms with van der Waals surface area (Å²) in [5.74, 6) is 0.116. The number of nitrogens with zero attached hydrogens (tertiary/aromatic N) is 4. The Kier molecular flexibility index (Phi) is 4.09. The maximum atomic E-state index is 14.3. The Labute approximate surface area is 168 Å². The van der Waals surface area contributed by atoms with Gasteiger partial charge in [-0.3, -0.25) is 4.79 Å². The van der Waals surface area contributed by atoms with E-state index in [4.69, 9.17) is 15.5 Å². The van der Waals surface area contributed by atoms with E-state index in [0.717, 1.165) is 16.1 Å². The number of primary amides is 1. The van der Waals surface area contributed by atoms with Gasteiger partial charge in [0.05, 0.1) is 12.3 Å². The van der Waals surface area contributed by atoms with Gasteiger partial charge in [-0.25, -0.2) is 19.0 Å². The largest absolute Gasteiger partial charge is 0.492 e. The van der Waals surface area contributed by atoms with Crippen molar-refractivity contribution in [1.29, 1.82) is 0 Å². The topological polar surface area (TPSA) is 95.9 Å². The Morgan fingerprint density at radius 3 is 2.93 bits per heavy atom. The number of aromatic nitrogens is 4. The summed E-state index contributed by atoms with van der Waals surface area (Å²) in [5.41, 5.74) is 7.60. The maximum Gasteiger partial charge on any atom is 0.248 e. The van der Waals surface area contributed by atoms with Crippen molar-refractivity contribution in [2.45, 2.75) is 6.42 Å². The highest BCUT2D eigenvalue weighted by atomic mass is 32.1. The van der Waals surface area contributed by atoms with E-state index in [1.807, 2.05) is 0 Å². The minimum absolute atomic E-state index is 0.306. The van der Waals surface area contributed by atoms with Gasteiger partial charge in [-0.2, -0.15) is 5.10 Å². The lowest BCUT2D eigenvalue weighted by Crippen LogP contribution is -2.11. The molecule has 0 aliphatic carbocycles. The lowest BCUT2D eigenvalue weighted by Gasteiger charge is -2.08. The molecule has 4 aromatic rings. The molecule has 2 N–H and O–H groups in total. The van der Waals surface area contributed by atoms with Gasteiger partial charge in [-0.05, 0) is 30.3 Å². The second-order valence-corrected chi connectivity index (χ2v) is 7.49. The molecule has 3 heterocycles. The fraction of sp³-hybridized carbons (Fsp3) is 0.100. The number of amides is 1. The predicted molar refractivity (Wildman–Crippen MR) is 106 cm³/mol. The molecular weight excluding hydrogens is 393 g/mol. The number of para-hydroxylation sites is 1. The number of thiazole rings is 1. The van der Waals surface area contributed by atoms with E-state index in [1.165, 1.54) is 28.4 Å². The van der Waals surface area contributed by atoms with Crippen LogP contribution < -0.4 is 10.5 Å². The van der Waals surface area contributed by atoms with E-state index in [0.29, 0.717) is 40.9 Å². The molecule has 2 aromatic carbocycles. The first-order chi connectivity index (χ1) is 14.1. The zero-order valence-corrected chi connectivity index (χ0v) is 15.8. The van der Waals surface area contributed by atoms with E-state index in [2.05, 4.69) is 10.1 Å². The van der Waals surface area contributed by atoms with E-state index in [1.54, 1.807) is 36.4 Å². The third-order valence-corrected chi connectivity index (χ3v) is 5.74. The van der Waals surface area contributed by atoms with Crippen LogP contribution in [0.1, 0.15) is 15.2 Å². The number of fused-ring (bicyclic) bond motifs is 3. The molecule has 0 radical (unpaired) electrons. The Hall–Kier alpha value is -3.59. The predicted octanol–water partition coefficient (Wildman–Crippen LogP) is 3.23. The van der Waals surface area contributed by atoms with Crippen LogP contribution >= 0.6 is 11.3 Å². The van der Waals surface area contributed by atoms with E-state index in [-0.39, 0.29) is 0 Å². The van der Waals surface area contributed by atoms with Crippen molar-refractivity contribution in [2.75, 3.05) is 6.61 Å². The van der Waals surface area contributed by atoms with Gasteiger partial charge in [-0.1, -0.05) is 12.1 Å². The van der Waals surface area contributed by atoms with Crippen LogP contribution in [0.5, 0.6) is 5.75 Å². The van der Waals surface area contributed by atoms with Crippen LogP contribution in [0.25, 0.3) is 27.8 Å². The molecule has 0 unspecified atom stereocenters. The average molecular weight is 407 g/mol. The Morgan fingerprint density at radius 2 is 2.10 bits per heavy atom. The van der Waals surface area contributed by atoms with Crippen LogP contribution in [0, 0.1) is 5.82 Å². The third kappa shape index (κ3) is 2.95. The average Bonchev–Trinajstić information content (AvgIpc) is 3.32. The standard InChI is InChI=1S/C20H14FN5O2S/c21-13-3-1-2-4-14(13)26-19(23-10-24-26)20-25-17-12-6-5-11(18(22)27)9-15(12)28-8-7-16(17)29-20/h1-6,9-10H,7-8H2,(H2,22,27). The molecule has 144 valence electrons. The fourth-order valence-electron chi connectivity index (χ4n) is 3.26. The molecule has 9 heteroatoms. The van der Waals surface area contributed by atoms with Crippen molar-refractivity contribution >= 4 is 17.2 Å². The second-order valence-electron chi connectivity index (χ2n) is 6.41. The molecule has 1 aliphatic heterocycles. The summed E-state index contributed by atoms with van der Waals surface area (Å²) >= 11 is 1.47. The van der Waals surface area contributed by atoms with Gasteiger partial charge in [0.1, 0.15) is 23.6 Å². The number of nitrogens with two attached hydrogens (primary N) is 1. The molecule has 29 heavy (non-hydrogen) atoms. The first-order valence-electron chi connectivity index (χ1n) is 8.84. The van der Waals surface area contributed by atoms with Gasteiger partial charge >= 0.3 is 0 Å². The smallest absolute Gasteiger partial charge is 0.248 e. The van der Waals surface area contributed by atoms with Crippen LogP contribution in [0.3, 0.4) is 0 Å². The van der Waals surface area contributed by atoms with Gasteiger partial charge in [-0.15, -0.1) is 11.3 Å². The monoisotopic (exact) mass is 407 g/mol. The number of ether oxygens (including phenoxy) is 1. The number of hydrogen-bond acceptors (Lipinski definition) is 6. The number of rotatable bonds is 3. The molecular formula is C20H14FN5O2S. The number of hydrogen-bond donors (Lipinski definition) is 1. The molecule has 5 rings (SSSR count). The van der Waals surface area contributed by atoms with Crippen molar-refractivity contribution in [3.63, 3.8) is 0 Å². The Morgan fingerprint density at radius 1 is 1.24 bits per heavy atom. The third-order valence-electron chi connectivity index (χ3n) is 4.62. The van der Waals surface area contributed by atoms with Gasteiger partial charge in [0.2, 0.25) is 5.91 Å². The maximum absolute atomic E-state index is 14.3. The molecule has 0 fully saturated rings. The van der Waals surface area contributed by atoms with E-state index < -0.39 is 11.7 Å². The summed E-state index contributed by atoms with van der Waals surface area (Å²) in [6.07, 6.45) is 2.03. The zero-order valence-electron chi connectivity index (χ0n) is 15.0. The van der Waals surface area contributed by atoms with Gasteiger partial charge in [0, 0.05) is 22.4 Å². The molecule has 2 aromatic heterocycles. The minimum Gasteiger partial charge on any atom is -0.492 e. The molecule has 7 nitrogen and oxygen atoms in total. The van der Waals surface area contributed by atoms with Gasteiger partial charge in [0.25, 0.3) is 0 Å². The number of benzene rings is 2. The molecule has 0 saturated heterocycles. The Bertz CT molecular complexity index is 1250. The first-order valence-corrected chi connectivity index (χ1v) is 9.65. The van der Waals surface area contributed by atoms with Crippen LogP contribution in [0.4, 0.5) is 4.39 Å². The highest BCUT2D eigenvalue weighted by molar-refractivity contribution is 7.15. The fourth-order valence-corrected chi connectivity index (χ4v) is 4.30. The van der Waals surface area contributed by atoms with E-state index in [9.17, 15) is 9.18 Å². The van der Waals surface area contributed by atoms with Gasteiger partial charge < -0.3 is 10.5 Å². The number of halogens is 1. The minimum atomic E-state index is -0.516. The summed E-state index contributed by atoms with van der Waals surface area (Å²) in [7, 11) is 0. The number of carbonyl (C=O) groups is 1. The van der Waals surface area contributed by atoms with Crippen molar-refractivity contribution in [3.8, 4) is 33.5 Å².